The van der Waals surface area contributed by atoms with Crippen LogP contribution in [0.25, 0.3) is 0 Å². The zero-order chi connectivity index (χ0) is 12.8. The van der Waals surface area contributed by atoms with Crippen LogP contribution in [-0.2, 0) is 0 Å². The zero-order valence-electron chi connectivity index (χ0n) is 10.3. The first-order chi connectivity index (χ1) is 8.23. The minimum atomic E-state index is 0.456. The first-order valence-corrected chi connectivity index (χ1v) is 4.83. The minimum Gasteiger partial charge on any atom is -0.496 e. The molecule has 0 radical (unpaired) electrons. The first kappa shape index (κ1) is 13.0. The third-order valence-electron chi connectivity index (χ3n) is 2.25. The third kappa shape index (κ3) is 2.35. The maximum atomic E-state index is 5.27. The van der Waals surface area contributed by atoms with Crippen molar-refractivity contribution >= 4 is 6.21 Å². The Morgan fingerprint density at radius 2 is 1.53 bits per heavy atom. The van der Waals surface area contributed by atoms with Crippen molar-refractivity contribution in [1.29, 1.82) is 0 Å². The van der Waals surface area contributed by atoms with Gasteiger partial charge in [0, 0.05) is 6.07 Å². The van der Waals surface area contributed by atoms with E-state index in [0.717, 1.165) is 0 Å². The van der Waals surface area contributed by atoms with Crippen molar-refractivity contribution in [3.8, 4) is 23.0 Å². The number of methoxy groups -OCH3 is 4. The highest BCUT2D eigenvalue weighted by Crippen LogP contribution is 2.44. The Hall–Kier alpha value is -2.11. The van der Waals surface area contributed by atoms with Crippen molar-refractivity contribution in [3.05, 3.63) is 11.6 Å². The summed E-state index contributed by atoms with van der Waals surface area (Å²) < 4.78 is 20.9. The van der Waals surface area contributed by atoms with Crippen LogP contribution in [0, 0.1) is 0 Å². The van der Waals surface area contributed by atoms with Gasteiger partial charge < -0.3 is 24.8 Å². The Labute approximate surface area is 99.9 Å². The molecule has 0 fully saturated rings. The molecular formula is C11H16N2O4. The van der Waals surface area contributed by atoms with E-state index in [4.69, 9.17) is 24.8 Å². The molecule has 1 rings (SSSR count). The number of hydrogen-bond acceptors (Lipinski definition) is 6. The van der Waals surface area contributed by atoms with Crippen LogP contribution in [0.4, 0.5) is 0 Å². The van der Waals surface area contributed by atoms with Gasteiger partial charge in [-0.3, -0.25) is 0 Å². The molecule has 1 aromatic rings. The Kier molecular flexibility index (Phi) is 4.45. The van der Waals surface area contributed by atoms with Gasteiger partial charge >= 0.3 is 0 Å². The highest BCUT2D eigenvalue weighted by Gasteiger charge is 2.20. The Morgan fingerprint density at radius 1 is 0.941 bits per heavy atom. The summed E-state index contributed by atoms with van der Waals surface area (Å²) in [4.78, 5) is 0. The number of hydrogen-bond donors (Lipinski definition) is 1. The average Bonchev–Trinajstić information content (AvgIpc) is 2.37. The van der Waals surface area contributed by atoms with E-state index in [-0.39, 0.29) is 0 Å². The molecule has 1 aromatic carbocycles. The van der Waals surface area contributed by atoms with Crippen LogP contribution < -0.4 is 24.8 Å². The monoisotopic (exact) mass is 240 g/mol. The van der Waals surface area contributed by atoms with Crippen LogP contribution in [0.15, 0.2) is 11.2 Å². The van der Waals surface area contributed by atoms with Crippen molar-refractivity contribution < 1.29 is 18.9 Å². The lowest BCUT2D eigenvalue weighted by Crippen LogP contribution is -2.02. The molecule has 0 heterocycles. The summed E-state index contributed by atoms with van der Waals surface area (Å²) in [5.74, 6) is 7.12. The molecule has 0 saturated heterocycles. The van der Waals surface area contributed by atoms with Gasteiger partial charge in [-0.05, 0) is 0 Å². The van der Waals surface area contributed by atoms with Crippen molar-refractivity contribution in [2.24, 2.45) is 10.9 Å². The quantitative estimate of drug-likeness (QED) is 0.472. The maximum absolute atomic E-state index is 5.27. The standard InChI is InChI=1S/C11H16N2O4/c1-14-8-5-9(15-2)11(17-4)10(16-3)7(8)6-13-12/h5-6H,12H2,1-4H3. The van der Waals surface area contributed by atoms with Crippen LogP contribution in [0.3, 0.4) is 0 Å². The van der Waals surface area contributed by atoms with Crippen molar-refractivity contribution in [2.75, 3.05) is 28.4 Å². The molecule has 0 unspecified atom stereocenters. The number of ether oxygens (including phenoxy) is 4. The molecule has 0 aliphatic heterocycles. The molecule has 0 aromatic heterocycles. The SMILES string of the molecule is COc1cc(OC)c(OC)c(OC)c1C=NN. The summed E-state index contributed by atoms with van der Waals surface area (Å²) in [7, 11) is 6.11. The molecule has 0 amide bonds. The number of rotatable bonds is 5. The fourth-order valence-electron chi connectivity index (χ4n) is 1.52. The van der Waals surface area contributed by atoms with E-state index in [1.54, 1.807) is 6.07 Å². The van der Waals surface area contributed by atoms with E-state index >= 15 is 0 Å². The van der Waals surface area contributed by atoms with Crippen LogP contribution in [-0.4, -0.2) is 34.7 Å². The molecule has 0 spiro atoms. The van der Waals surface area contributed by atoms with Gasteiger partial charge in [0.2, 0.25) is 5.75 Å². The fraction of sp³-hybridized carbons (Fsp3) is 0.364. The van der Waals surface area contributed by atoms with Gasteiger partial charge in [0.25, 0.3) is 0 Å². The van der Waals surface area contributed by atoms with E-state index in [1.165, 1.54) is 34.7 Å². The molecule has 0 atom stereocenters. The van der Waals surface area contributed by atoms with E-state index < -0.39 is 0 Å². The lowest BCUT2D eigenvalue weighted by molar-refractivity contribution is 0.318. The lowest BCUT2D eigenvalue weighted by atomic mass is 10.1. The van der Waals surface area contributed by atoms with Crippen LogP contribution in [0.2, 0.25) is 0 Å². The number of benzene rings is 1. The maximum Gasteiger partial charge on any atom is 0.204 e. The number of hydrazone groups is 1. The highest BCUT2D eigenvalue weighted by atomic mass is 16.5. The minimum absolute atomic E-state index is 0.456. The number of nitrogens with zero attached hydrogens (tertiary/aromatic N) is 1. The van der Waals surface area contributed by atoms with Crippen molar-refractivity contribution in [2.45, 2.75) is 0 Å². The molecule has 0 bridgehead atoms. The summed E-state index contributed by atoms with van der Waals surface area (Å²) >= 11 is 0. The van der Waals surface area contributed by atoms with Crippen molar-refractivity contribution in [1.82, 2.24) is 0 Å². The Morgan fingerprint density at radius 3 is 1.94 bits per heavy atom. The molecular weight excluding hydrogens is 224 g/mol. The topological polar surface area (TPSA) is 75.3 Å². The Bertz CT molecular complexity index is 418. The second-order valence-corrected chi connectivity index (χ2v) is 3.04. The smallest absolute Gasteiger partial charge is 0.204 e. The second-order valence-electron chi connectivity index (χ2n) is 3.04. The number of nitrogens with two attached hydrogens (primary N) is 1. The van der Waals surface area contributed by atoms with Gasteiger partial charge in [-0.2, -0.15) is 5.10 Å². The van der Waals surface area contributed by atoms with Crippen molar-refractivity contribution in [3.63, 3.8) is 0 Å². The van der Waals surface area contributed by atoms with E-state index in [9.17, 15) is 0 Å². The molecule has 94 valence electrons. The summed E-state index contributed by atoms with van der Waals surface area (Å²) in [5.41, 5.74) is 0.593. The molecule has 0 aliphatic carbocycles. The third-order valence-corrected chi connectivity index (χ3v) is 2.25. The fourth-order valence-corrected chi connectivity index (χ4v) is 1.52. The van der Waals surface area contributed by atoms with E-state index in [2.05, 4.69) is 5.10 Å². The summed E-state index contributed by atoms with van der Waals surface area (Å²) in [5, 5.41) is 3.47. The first-order valence-electron chi connectivity index (χ1n) is 4.83. The highest BCUT2D eigenvalue weighted by molar-refractivity contribution is 5.90. The van der Waals surface area contributed by atoms with Gasteiger partial charge in [0.1, 0.15) is 5.75 Å². The largest absolute Gasteiger partial charge is 0.496 e. The van der Waals surface area contributed by atoms with E-state index in [0.29, 0.717) is 28.6 Å². The molecule has 17 heavy (non-hydrogen) atoms. The molecule has 6 nitrogen and oxygen atoms in total. The normalized spacial score (nSPS) is 10.4. The lowest BCUT2D eigenvalue weighted by Gasteiger charge is -2.16. The van der Waals surface area contributed by atoms with Crippen LogP contribution in [0.1, 0.15) is 5.56 Å². The molecule has 2 N–H and O–H groups in total. The van der Waals surface area contributed by atoms with Gasteiger partial charge in [0.15, 0.2) is 11.5 Å². The molecule has 0 aliphatic rings. The van der Waals surface area contributed by atoms with Gasteiger partial charge in [-0.15, -0.1) is 0 Å². The molecule has 0 saturated carbocycles. The van der Waals surface area contributed by atoms with E-state index in [1.807, 2.05) is 0 Å². The Balaban J connectivity index is 3.55. The second kappa shape index (κ2) is 5.83. The van der Waals surface area contributed by atoms with Crippen LogP contribution >= 0.6 is 0 Å². The van der Waals surface area contributed by atoms with Gasteiger partial charge in [0.05, 0.1) is 40.2 Å². The van der Waals surface area contributed by atoms with Crippen LogP contribution in [0.5, 0.6) is 23.0 Å². The summed E-state index contributed by atoms with van der Waals surface area (Å²) in [6.07, 6.45) is 1.43. The predicted molar refractivity (Wildman–Crippen MR) is 64.4 cm³/mol. The summed E-state index contributed by atoms with van der Waals surface area (Å²) in [6.45, 7) is 0. The van der Waals surface area contributed by atoms with Gasteiger partial charge in [-0.1, -0.05) is 0 Å². The summed E-state index contributed by atoms with van der Waals surface area (Å²) in [6, 6.07) is 1.68. The zero-order valence-corrected chi connectivity index (χ0v) is 10.3. The van der Waals surface area contributed by atoms with Gasteiger partial charge in [-0.25, -0.2) is 0 Å². The molecule has 6 heteroatoms. The predicted octanol–water partition coefficient (Wildman–Crippen LogP) is 1.01. The average molecular weight is 240 g/mol.